The zero-order valence-corrected chi connectivity index (χ0v) is 16.9. The largest absolute Gasteiger partial charge is 0.488 e. The zero-order valence-electron chi connectivity index (χ0n) is 16.1. The number of nitrogens with zero attached hydrogens (tertiary/aromatic N) is 3. The summed E-state index contributed by atoms with van der Waals surface area (Å²) in [6, 6.07) is 4.57. The van der Waals surface area contributed by atoms with Gasteiger partial charge in [-0.05, 0) is 26.0 Å². The van der Waals surface area contributed by atoms with Gasteiger partial charge in [-0.3, -0.25) is 5.32 Å². The van der Waals surface area contributed by atoms with Crippen LogP contribution in [-0.2, 0) is 10.0 Å². The van der Waals surface area contributed by atoms with Gasteiger partial charge in [-0.1, -0.05) is 24.8 Å². The number of anilines is 1. The van der Waals surface area contributed by atoms with Gasteiger partial charge >= 0.3 is 18.1 Å². The maximum Gasteiger partial charge on any atom is 0.335 e. The van der Waals surface area contributed by atoms with Gasteiger partial charge in [-0.15, -0.1) is 4.98 Å². The second kappa shape index (κ2) is 9.68. The fourth-order valence-electron chi connectivity index (χ4n) is 1.99. The molecule has 0 spiro atoms. The van der Waals surface area contributed by atoms with E-state index in [1.165, 1.54) is 31.4 Å². The molecule has 11 nitrogen and oxygen atoms in total. The fourth-order valence-corrected chi connectivity index (χ4v) is 3.05. The Hall–Kier alpha value is -3.41. The van der Waals surface area contributed by atoms with E-state index in [0.29, 0.717) is 0 Å². The third-order valence-electron chi connectivity index (χ3n) is 3.07. The molecular formula is C17H21N5O6S. The van der Waals surface area contributed by atoms with Crippen LogP contribution in [0.2, 0.25) is 0 Å². The van der Waals surface area contributed by atoms with Crippen LogP contribution in [0.3, 0.4) is 0 Å². The van der Waals surface area contributed by atoms with Crippen molar-refractivity contribution in [3.05, 3.63) is 36.9 Å². The Labute approximate surface area is 168 Å². The molecule has 2 aromatic rings. The predicted molar refractivity (Wildman–Crippen MR) is 104 cm³/mol. The van der Waals surface area contributed by atoms with Crippen molar-refractivity contribution in [3.8, 4) is 17.8 Å². The first-order valence-electron chi connectivity index (χ1n) is 8.38. The summed E-state index contributed by atoms with van der Waals surface area (Å²) < 4.78 is 42.6. The maximum atomic E-state index is 12.6. The maximum absolute atomic E-state index is 12.6. The second-order valence-corrected chi connectivity index (χ2v) is 7.35. The number of carbonyl (C=O) groups excluding carboxylic acids is 1. The molecular weight excluding hydrogens is 402 g/mol. The summed E-state index contributed by atoms with van der Waals surface area (Å²) in [7, 11) is -2.92. The number of carbonyl (C=O) groups is 1. The van der Waals surface area contributed by atoms with Gasteiger partial charge in [0, 0.05) is 0 Å². The number of ether oxygens (including phenoxy) is 3. The van der Waals surface area contributed by atoms with Crippen LogP contribution >= 0.6 is 0 Å². The van der Waals surface area contributed by atoms with Crippen molar-refractivity contribution >= 4 is 22.0 Å². The number of sulfonamides is 1. The van der Waals surface area contributed by atoms with Crippen LogP contribution in [0.1, 0.15) is 13.8 Å². The molecule has 0 bridgehead atoms. The summed E-state index contributed by atoms with van der Waals surface area (Å²) in [5, 5.41) is 2.21. The molecule has 12 heteroatoms. The van der Waals surface area contributed by atoms with Crippen LogP contribution in [0.25, 0.3) is 0 Å². The first kappa shape index (κ1) is 21.9. The predicted octanol–water partition coefficient (Wildman–Crippen LogP) is 1.74. The molecule has 0 fully saturated rings. The molecule has 1 aromatic carbocycles. The van der Waals surface area contributed by atoms with E-state index in [4.69, 9.17) is 14.2 Å². The van der Waals surface area contributed by atoms with Crippen molar-refractivity contribution in [2.45, 2.75) is 24.8 Å². The minimum atomic E-state index is -4.24. The van der Waals surface area contributed by atoms with Crippen molar-refractivity contribution < 1.29 is 27.4 Å². The summed E-state index contributed by atoms with van der Waals surface area (Å²) >= 11 is 0. The molecule has 0 saturated heterocycles. The Morgan fingerprint density at radius 1 is 1.21 bits per heavy atom. The molecule has 156 valence electrons. The fraction of sp³-hybridized carbons (Fsp3) is 0.294. The Bertz CT molecular complexity index is 980. The molecule has 2 amide bonds. The molecule has 1 aromatic heterocycles. The van der Waals surface area contributed by atoms with Gasteiger partial charge in [0.1, 0.15) is 17.3 Å². The van der Waals surface area contributed by atoms with Gasteiger partial charge in [-0.25, -0.2) is 17.9 Å². The highest BCUT2D eigenvalue weighted by Crippen LogP contribution is 2.23. The van der Waals surface area contributed by atoms with Crippen LogP contribution < -0.4 is 24.2 Å². The Kier molecular flexibility index (Phi) is 7.31. The smallest absolute Gasteiger partial charge is 0.335 e. The van der Waals surface area contributed by atoms with E-state index in [1.807, 2.05) is 4.72 Å². The van der Waals surface area contributed by atoms with Gasteiger partial charge in [0.15, 0.2) is 0 Å². The Morgan fingerprint density at radius 3 is 2.55 bits per heavy atom. The lowest BCUT2D eigenvalue weighted by molar-refractivity contribution is 0.217. The molecule has 0 atom stereocenters. The minimum absolute atomic E-state index is 0.0714. The van der Waals surface area contributed by atoms with Crippen molar-refractivity contribution in [1.82, 2.24) is 19.7 Å². The van der Waals surface area contributed by atoms with E-state index in [2.05, 4.69) is 26.8 Å². The third kappa shape index (κ3) is 6.31. The number of benzene rings is 1. The summed E-state index contributed by atoms with van der Waals surface area (Å²) in [6.07, 6.45) is 1.23. The highest BCUT2D eigenvalue weighted by atomic mass is 32.2. The van der Waals surface area contributed by atoms with Gasteiger partial charge in [0.2, 0.25) is 5.95 Å². The summed E-state index contributed by atoms with van der Waals surface area (Å²) in [6.45, 7) is 7.12. The molecule has 0 aliphatic rings. The zero-order chi connectivity index (χ0) is 21.4. The number of aromatic nitrogens is 3. The molecule has 0 aliphatic carbocycles. The number of hydrogen-bond acceptors (Lipinski definition) is 9. The van der Waals surface area contributed by atoms with E-state index in [-0.39, 0.29) is 41.3 Å². The highest BCUT2D eigenvalue weighted by Gasteiger charge is 2.23. The van der Waals surface area contributed by atoms with Crippen molar-refractivity contribution in [2.24, 2.45) is 0 Å². The normalized spacial score (nSPS) is 10.9. The second-order valence-electron chi connectivity index (χ2n) is 5.70. The number of para-hydroxylation sites is 1. The SMILES string of the molecule is C=CCOc1ccccc1S(=O)(=O)NC(=O)Nc1nc(OC)nc(OC(C)C)n1. The van der Waals surface area contributed by atoms with Crippen molar-refractivity contribution in [2.75, 3.05) is 19.0 Å². The van der Waals surface area contributed by atoms with E-state index in [1.54, 1.807) is 19.9 Å². The van der Waals surface area contributed by atoms with Gasteiger partial charge < -0.3 is 14.2 Å². The first-order chi connectivity index (χ1) is 13.7. The Morgan fingerprint density at radius 2 is 1.90 bits per heavy atom. The van der Waals surface area contributed by atoms with E-state index >= 15 is 0 Å². The number of methoxy groups -OCH3 is 1. The Balaban J connectivity index is 2.19. The number of hydrogen-bond donors (Lipinski definition) is 2. The molecule has 1 heterocycles. The van der Waals surface area contributed by atoms with Crippen LogP contribution in [0, 0.1) is 0 Å². The number of rotatable bonds is 9. The first-order valence-corrected chi connectivity index (χ1v) is 9.86. The average molecular weight is 423 g/mol. The monoisotopic (exact) mass is 423 g/mol. The number of amides is 2. The lowest BCUT2D eigenvalue weighted by Crippen LogP contribution is -2.35. The molecule has 0 aliphatic heterocycles. The topological polar surface area (TPSA) is 142 Å². The molecule has 29 heavy (non-hydrogen) atoms. The molecule has 2 N–H and O–H groups in total. The lowest BCUT2D eigenvalue weighted by atomic mass is 10.3. The van der Waals surface area contributed by atoms with Crippen LogP contribution in [0.5, 0.6) is 17.8 Å². The van der Waals surface area contributed by atoms with E-state index < -0.39 is 16.1 Å². The minimum Gasteiger partial charge on any atom is -0.488 e. The summed E-state index contributed by atoms with van der Waals surface area (Å²) in [4.78, 5) is 23.6. The number of nitrogens with one attached hydrogen (secondary N) is 2. The number of urea groups is 1. The highest BCUT2D eigenvalue weighted by molar-refractivity contribution is 7.90. The van der Waals surface area contributed by atoms with Crippen molar-refractivity contribution in [1.29, 1.82) is 0 Å². The standard InChI is InChI=1S/C17H21N5O6S/c1-5-10-27-12-8-6-7-9-13(12)29(24,25)22-15(23)18-14-19-16(26-4)21-17(20-14)28-11(2)3/h5-9,11H,1,10H2,2-4H3,(H2,18,19,20,21,22,23). The molecule has 0 saturated carbocycles. The summed E-state index contributed by atoms with van der Waals surface area (Å²) in [5.74, 6) is -0.182. The molecule has 2 rings (SSSR count). The summed E-state index contributed by atoms with van der Waals surface area (Å²) in [5.41, 5.74) is 0. The lowest BCUT2D eigenvalue weighted by Gasteiger charge is -2.13. The van der Waals surface area contributed by atoms with E-state index in [0.717, 1.165) is 0 Å². The van der Waals surface area contributed by atoms with Crippen LogP contribution in [-0.4, -0.2) is 49.2 Å². The van der Waals surface area contributed by atoms with Crippen LogP contribution in [0.15, 0.2) is 41.8 Å². The van der Waals surface area contributed by atoms with Gasteiger partial charge in [-0.2, -0.15) is 9.97 Å². The van der Waals surface area contributed by atoms with E-state index in [9.17, 15) is 13.2 Å². The van der Waals surface area contributed by atoms with Crippen molar-refractivity contribution in [3.63, 3.8) is 0 Å². The molecule has 0 unspecified atom stereocenters. The van der Waals surface area contributed by atoms with Gasteiger partial charge in [0.05, 0.1) is 13.2 Å². The third-order valence-corrected chi connectivity index (χ3v) is 4.44. The average Bonchev–Trinajstić information content (AvgIpc) is 2.65. The van der Waals surface area contributed by atoms with Gasteiger partial charge in [0.25, 0.3) is 10.0 Å². The quantitative estimate of drug-likeness (QED) is 0.577. The van der Waals surface area contributed by atoms with Crippen LogP contribution in [0.4, 0.5) is 10.7 Å². The molecule has 0 radical (unpaired) electrons.